The number of carbonyl (C=O) groups is 4. The Bertz CT molecular complexity index is 2200. The van der Waals surface area contributed by atoms with E-state index in [0.717, 1.165) is 24.1 Å². The second-order valence-corrected chi connectivity index (χ2v) is 19.9. The van der Waals surface area contributed by atoms with E-state index in [-0.39, 0.29) is 30.2 Å². The number of alkyl carbamates (subject to hydrolysis) is 1. The van der Waals surface area contributed by atoms with Crippen molar-refractivity contribution in [3.8, 4) is 11.6 Å². The number of hydrogen-bond acceptors (Lipinski definition) is 12. The van der Waals surface area contributed by atoms with E-state index >= 15 is 0 Å². The largest absolute Gasteiger partial charge is 0.494 e. The second kappa shape index (κ2) is 16.8. The molecule has 3 heterocycles. The van der Waals surface area contributed by atoms with Gasteiger partial charge in [0.1, 0.15) is 29.3 Å². The summed E-state index contributed by atoms with van der Waals surface area (Å²) in [5.74, 6) is -6.44. The summed E-state index contributed by atoms with van der Waals surface area (Å²) in [6.07, 6.45) is -2.18. The normalized spacial score (nSPS) is 28.6. The van der Waals surface area contributed by atoms with Crippen LogP contribution in [0.5, 0.6) is 11.6 Å². The highest BCUT2D eigenvalue weighted by Gasteiger charge is 2.63. The minimum absolute atomic E-state index is 0.0217. The summed E-state index contributed by atoms with van der Waals surface area (Å²) in [5, 5.41) is 5.36. The van der Waals surface area contributed by atoms with Crippen molar-refractivity contribution < 1.29 is 64.1 Å². The molecule has 7 atom stereocenters. The molecule has 0 unspecified atom stereocenters. The minimum atomic E-state index is -5.15. The van der Waals surface area contributed by atoms with Gasteiger partial charge in [0.05, 0.1) is 36.0 Å². The molecule has 4 aliphatic rings. The van der Waals surface area contributed by atoms with Crippen LogP contribution < -0.4 is 24.8 Å². The highest BCUT2D eigenvalue weighted by atomic mass is 32.2. The molecule has 3 fully saturated rings. The zero-order valence-electron chi connectivity index (χ0n) is 35.0. The SMILES string of the molecule is COC[C@@H]1C[C@@H](C)CC/C=C\[C@@H]2C[C@@]2(C(=O)NS(=O)(=O)C2(C)CC2)NC(=O)[C@@H]2C[C@@H](Oc3nc4cc(OC)c(F)cc4nc3C(F)(F)F)CN2C(=O)[C@H]1NC(=O)OC(C)(C)C. The summed E-state index contributed by atoms with van der Waals surface area (Å²) in [4.78, 5) is 65.5. The van der Waals surface area contributed by atoms with Crippen LogP contribution in [0.4, 0.5) is 22.4 Å². The Balaban J connectivity index is 1.41. The van der Waals surface area contributed by atoms with Gasteiger partial charge in [-0.05, 0) is 72.1 Å². The molecule has 21 heteroatoms. The third kappa shape index (κ3) is 9.97. The van der Waals surface area contributed by atoms with Crippen molar-refractivity contribution in [2.24, 2.45) is 17.8 Å². The van der Waals surface area contributed by atoms with Crippen molar-refractivity contribution in [1.82, 2.24) is 30.2 Å². The number of fused-ring (bicyclic) bond motifs is 3. The molecule has 0 spiro atoms. The van der Waals surface area contributed by atoms with Gasteiger partial charge in [0.25, 0.3) is 5.91 Å². The molecule has 6 rings (SSSR count). The fourth-order valence-corrected chi connectivity index (χ4v) is 9.16. The van der Waals surface area contributed by atoms with Gasteiger partial charge in [-0.3, -0.25) is 19.1 Å². The lowest BCUT2D eigenvalue weighted by Crippen LogP contribution is -2.60. The van der Waals surface area contributed by atoms with Crippen molar-refractivity contribution in [3.63, 3.8) is 0 Å². The van der Waals surface area contributed by atoms with Crippen molar-refractivity contribution in [3.05, 3.63) is 35.8 Å². The van der Waals surface area contributed by atoms with Gasteiger partial charge >= 0.3 is 12.3 Å². The maximum atomic E-state index is 15.0. The van der Waals surface area contributed by atoms with Crippen molar-refractivity contribution >= 4 is 44.9 Å². The molecule has 2 aromatic rings. The van der Waals surface area contributed by atoms with E-state index in [0.29, 0.717) is 32.1 Å². The molecule has 4 amide bonds. The van der Waals surface area contributed by atoms with Crippen LogP contribution in [0.15, 0.2) is 24.3 Å². The van der Waals surface area contributed by atoms with Crippen LogP contribution in [0.3, 0.4) is 0 Å². The summed E-state index contributed by atoms with van der Waals surface area (Å²) in [7, 11) is -1.57. The van der Waals surface area contributed by atoms with Crippen molar-refractivity contribution in [2.45, 2.75) is 120 Å². The maximum Gasteiger partial charge on any atom is 0.438 e. The first kappa shape index (κ1) is 45.7. The Hall–Kier alpha value is -4.79. The summed E-state index contributed by atoms with van der Waals surface area (Å²) >= 11 is 0. The summed E-state index contributed by atoms with van der Waals surface area (Å²) in [6, 6.07) is -1.15. The third-order valence-corrected chi connectivity index (χ3v) is 13.7. The van der Waals surface area contributed by atoms with E-state index in [4.69, 9.17) is 18.9 Å². The van der Waals surface area contributed by atoms with Gasteiger partial charge < -0.3 is 34.5 Å². The van der Waals surface area contributed by atoms with E-state index < -0.39 is 122 Å². The number of carbonyl (C=O) groups excluding carboxylic acids is 4. The van der Waals surface area contributed by atoms with Crippen LogP contribution >= 0.6 is 0 Å². The Labute approximate surface area is 350 Å². The Morgan fingerprint density at radius 2 is 1.75 bits per heavy atom. The quantitative estimate of drug-likeness (QED) is 0.235. The number of halogens is 4. The van der Waals surface area contributed by atoms with Gasteiger partial charge in [0.15, 0.2) is 11.6 Å². The summed E-state index contributed by atoms with van der Waals surface area (Å²) < 4.78 is 107. The lowest BCUT2D eigenvalue weighted by atomic mass is 9.87. The van der Waals surface area contributed by atoms with Crippen LogP contribution in [0.25, 0.3) is 11.0 Å². The maximum absolute atomic E-state index is 15.0. The number of amides is 4. The molecule has 0 radical (unpaired) electrons. The highest BCUT2D eigenvalue weighted by molar-refractivity contribution is 7.91. The number of ether oxygens (including phenoxy) is 4. The average Bonchev–Trinajstić information content (AvgIpc) is 4.03. The number of allylic oxidation sites excluding steroid dienone is 1. The third-order valence-electron chi connectivity index (χ3n) is 11.6. The number of aromatic nitrogens is 2. The summed E-state index contributed by atoms with van der Waals surface area (Å²) in [5.41, 5.74) is -4.99. The molecule has 16 nitrogen and oxygen atoms in total. The highest BCUT2D eigenvalue weighted by Crippen LogP contribution is 2.48. The van der Waals surface area contributed by atoms with Gasteiger partial charge in [-0.15, -0.1) is 0 Å². The van der Waals surface area contributed by atoms with Crippen molar-refractivity contribution in [2.75, 3.05) is 27.4 Å². The zero-order valence-corrected chi connectivity index (χ0v) is 35.8. The fraction of sp³-hybridized carbons (Fsp3) is 0.650. The van der Waals surface area contributed by atoms with Crippen LogP contribution in [-0.2, 0) is 40.1 Å². The number of rotatable bonds is 9. The van der Waals surface area contributed by atoms with E-state index in [9.17, 15) is 45.2 Å². The minimum Gasteiger partial charge on any atom is -0.494 e. The first-order valence-electron chi connectivity index (χ1n) is 20.0. The first-order chi connectivity index (χ1) is 28.4. The Morgan fingerprint density at radius 1 is 1.07 bits per heavy atom. The molecule has 1 aromatic carbocycles. The average molecular weight is 885 g/mol. The molecule has 336 valence electrons. The number of methoxy groups -OCH3 is 2. The lowest BCUT2D eigenvalue weighted by Gasteiger charge is -2.34. The number of sulfonamides is 1. The number of nitrogens with zero attached hydrogens (tertiary/aromatic N) is 3. The van der Waals surface area contributed by atoms with Gasteiger partial charge in [0.2, 0.25) is 33.4 Å². The molecule has 1 aromatic heterocycles. The Morgan fingerprint density at radius 3 is 2.38 bits per heavy atom. The molecular formula is C40H52F4N6O10S. The molecule has 1 saturated heterocycles. The lowest BCUT2D eigenvalue weighted by molar-refractivity contribution is -0.143. The molecule has 2 aliphatic heterocycles. The van der Waals surface area contributed by atoms with Crippen LogP contribution in [0.2, 0.25) is 0 Å². The monoisotopic (exact) mass is 884 g/mol. The Kier molecular flexibility index (Phi) is 12.6. The van der Waals surface area contributed by atoms with Gasteiger partial charge in [0, 0.05) is 37.5 Å². The predicted molar refractivity (Wildman–Crippen MR) is 210 cm³/mol. The zero-order chi connectivity index (χ0) is 44.9. The smallest absolute Gasteiger partial charge is 0.438 e. The number of hydrogen-bond donors (Lipinski definition) is 3. The van der Waals surface area contributed by atoms with Crippen LogP contribution in [-0.4, -0.2) is 109 Å². The van der Waals surface area contributed by atoms with Crippen LogP contribution in [0, 0.1) is 23.6 Å². The number of alkyl halides is 3. The topological polar surface area (TPSA) is 204 Å². The fourth-order valence-electron chi connectivity index (χ4n) is 7.85. The van der Waals surface area contributed by atoms with Crippen molar-refractivity contribution in [1.29, 1.82) is 0 Å². The van der Waals surface area contributed by atoms with E-state index in [2.05, 4.69) is 25.3 Å². The molecule has 2 saturated carbocycles. The second-order valence-electron chi connectivity index (χ2n) is 17.7. The number of nitrogens with one attached hydrogen (secondary N) is 3. The van der Waals surface area contributed by atoms with Crippen LogP contribution in [0.1, 0.15) is 85.3 Å². The summed E-state index contributed by atoms with van der Waals surface area (Å²) in [6.45, 7) is 7.78. The molecular weight excluding hydrogens is 833 g/mol. The van der Waals surface area contributed by atoms with Gasteiger partial charge in [-0.2, -0.15) is 13.2 Å². The molecule has 3 N–H and O–H groups in total. The number of benzene rings is 1. The molecule has 61 heavy (non-hydrogen) atoms. The van der Waals surface area contributed by atoms with Gasteiger partial charge in [-0.25, -0.2) is 27.6 Å². The first-order valence-corrected chi connectivity index (χ1v) is 21.5. The van der Waals surface area contributed by atoms with E-state index in [1.54, 1.807) is 26.8 Å². The molecule has 0 bridgehead atoms. The van der Waals surface area contributed by atoms with Gasteiger partial charge in [-0.1, -0.05) is 19.1 Å². The molecule has 2 aliphatic carbocycles. The predicted octanol–water partition coefficient (Wildman–Crippen LogP) is 4.55. The standard InChI is InChI=1S/C40H52F4N6O10S/c1-21-10-8-9-11-23-18-39(23,35(53)49-61(55,56)38(5)12-13-38)48-32(51)28-15-24(19-50(28)34(52)30(22(14-21)20-57-6)47-36(54)60-37(2,3)4)59-33-31(40(42,43)44)45-26-16-25(41)29(58-7)17-27(26)46-33/h9,11,16-17,21-24,28,30H,8,10,12-15,18-20H2,1-7H3,(H,47,54)(H,48,51)(H,49,53)/b11-9-/t21-,22-,23+,24+,28-,30-,39+/m0/s1. The van der Waals surface area contributed by atoms with E-state index in [1.807, 2.05) is 13.0 Å². The van der Waals surface area contributed by atoms with E-state index in [1.165, 1.54) is 14.0 Å².